The topological polar surface area (TPSA) is 70.4 Å². The van der Waals surface area contributed by atoms with E-state index in [1.165, 1.54) is 12.0 Å². The fourth-order valence-electron chi connectivity index (χ4n) is 1.46. The van der Waals surface area contributed by atoms with Crippen molar-refractivity contribution in [3.05, 3.63) is 0 Å². The second-order valence-electron chi connectivity index (χ2n) is 5.43. The van der Waals surface area contributed by atoms with Gasteiger partial charge in [-0.1, -0.05) is 20.8 Å². The highest BCUT2D eigenvalue weighted by Crippen LogP contribution is 2.20. The molecule has 0 aliphatic carbocycles. The van der Waals surface area contributed by atoms with Crippen LogP contribution in [0.25, 0.3) is 0 Å². The van der Waals surface area contributed by atoms with Crippen molar-refractivity contribution in [2.75, 3.05) is 13.7 Å². The minimum Gasteiger partial charge on any atom is -0.467 e. The second kappa shape index (κ2) is 7.00. The van der Waals surface area contributed by atoms with Crippen LogP contribution in [0, 0.1) is 16.7 Å². The maximum absolute atomic E-state index is 11.8. The average Bonchev–Trinajstić information content (AvgIpc) is 2.26. The molecule has 5 heteroatoms. The quantitative estimate of drug-likeness (QED) is 0.700. The number of ether oxygens (including phenoxy) is 1. The van der Waals surface area contributed by atoms with Gasteiger partial charge in [-0.25, -0.2) is 4.79 Å². The van der Waals surface area contributed by atoms with Crippen molar-refractivity contribution in [1.82, 2.24) is 4.90 Å². The first-order valence-electron chi connectivity index (χ1n) is 5.97. The summed E-state index contributed by atoms with van der Waals surface area (Å²) in [4.78, 5) is 24.7. The van der Waals surface area contributed by atoms with E-state index in [9.17, 15) is 9.59 Å². The first-order valence-corrected chi connectivity index (χ1v) is 5.97. The molecule has 0 fully saturated rings. The van der Waals surface area contributed by atoms with Gasteiger partial charge in [0.25, 0.3) is 0 Å². The Morgan fingerprint density at radius 1 is 1.39 bits per heavy atom. The van der Waals surface area contributed by atoms with Crippen LogP contribution in [-0.4, -0.2) is 36.5 Å². The third kappa shape index (κ3) is 5.67. The highest BCUT2D eigenvalue weighted by Gasteiger charge is 2.27. The number of hydrogen-bond donors (Lipinski definition) is 0. The Labute approximate surface area is 109 Å². The Balaban J connectivity index is 4.78. The van der Waals surface area contributed by atoms with Crippen LogP contribution in [0.1, 0.15) is 40.5 Å². The zero-order chi connectivity index (χ0) is 14.3. The molecule has 0 N–H and O–H groups in total. The largest absolute Gasteiger partial charge is 0.467 e. The van der Waals surface area contributed by atoms with Crippen LogP contribution in [0.15, 0.2) is 0 Å². The molecule has 0 radical (unpaired) electrons. The minimum atomic E-state index is -0.654. The zero-order valence-corrected chi connectivity index (χ0v) is 11.8. The van der Waals surface area contributed by atoms with E-state index in [-0.39, 0.29) is 17.7 Å². The van der Waals surface area contributed by atoms with E-state index in [0.717, 1.165) is 6.42 Å². The van der Waals surface area contributed by atoms with E-state index >= 15 is 0 Å². The molecule has 1 unspecified atom stereocenters. The van der Waals surface area contributed by atoms with Crippen molar-refractivity contribution in [1.29, 1.82) is 5.26 Å². The summed E-state index contributed by atoms with van der Waals surface area (Å²) in [7, 11) is 1.29. The Bertz CT molecular complexity index is 339. The van der Waals surface area contributed by atoms with Gasteiger partial charge in [-0.05, 0) is 18.8 Å². The smallest absolute Gasteiger partial charge is 0.328 e. The number of nitriles is 1. The van der Waals surface area contributed by atoms with Crippen molar-refractivity contribution >= 4 is 11.9 Å². The molecular formula is C13H22N2O3. The molecule has 0 aromatic carbocycles. The molecule has 0 saturated carbocycles. The third-order valence-corrected chi connectivity index (χ3v) is 2.66. The van der Waals surface area contributed by atoms with E-state index < -0.39 is 12.0 Å². The van der Waals surface area contributed by atoms with Gasteiger partial charge in [0.1, 0.15) is 12.5 Å². The number of esters is 1. The summed E-state index contributed by atoms with van der Waals surface area (Å²) in [6, 6.07) is 1.16. The number of methoxy groups -OCH3 is 1. The summed E-state index contributed by atoms with van der Waals surface area (Å²) in [6.45, 7) is 8.23. The highest BCUT2D eigenvalue weighted by atomic mass is 16.5. The van der Waals surface area contributed by atoms with Gasteiger partial charge in [0.05, 0.1) is 13.2 Å². The van der Waals surface area contributed by atoms with E-state index in [2.05, 4.69) is 25.5 Å². The van der Waals surface area contributed by atoms with Crippen LogP contribution in [0.5, 0.6) is 0 Å². The molecule has 0 aromatic rings. The minimum absolute atomic E-state index is 0.0566. The molecule has 0 saturated heterocycles. The zero-order valence-electron chi connectivity index (χ0n) is 11.8. The Morgan fingerprint density at radius 2 is 1.94 bits per heavy atom. The summed E-state index contributed by atoms with van der Waals surface area (Å²) in [5, 5.41) is 8.58. The number of rotatable bonds is 5. The van der Waals surface area contributed by atoms with Gasteiger partial charge in [-0.15, -0.1) is 0 Å². The first-order chi connectivity index (χ1) is 8.22. The molecular weight excluding hydrogens is 232 g/mol. The van der Waals surface area contributed by atoms with Gasteiger partial charge in [-0.3, -0.25) is 4.79 Å². The number of nitrogens with zero attached hydrogens (tertiary/aromatic N) is 2. The monoisotopic (exact) mass is 254 g/mol. The SMILES string of the molecule is COC(=O)C(C)N(CCC(C)(C)C)C(=O)CC#N. The van der Waals surface area contributed by atoms with E-state index in [1.807, 2.05) is 6.07 Å². The summed E-state index contributed by atoms with van der Waals surface area (Å²) in [6.07, 6.45) is 0.539. The second-order valence-corrected chi connectivity index (χ2v) is 5.43. The predicted molar refractivity (Wildman–Crippen MR) is 67.5 cm³/mol. The highest BCUT2D eigenvalue weighted by molar-refractivity contribution is 5.85. The molecule has 0 spiro atoms. The van der Waals surface area contributed by atoms with Crippen molar-refractivity contribution in [3.8, 4) is 6.07 Å². The van der Waals surface area contributed by atoms with E-state index in [4.69, 9.17) is 5.26 Å². The number of carbonyl (C=O) groups is 2. The fraction of sp³-hybridized carbons (Fsp3) is 0.769. The lowest BCUT2D eigenvalue weighted by Gasteiger charge is -2.29. The molecule has 0 aliphatic heterocycles. The van der Waals surface area contributed by atoms with Gasteiger partial charge in [-0.2, -0.15) is 5.26 Å². The molecule has 0 aliphatic rings. The van der Waals surface area contributed by atoms with Crippen molar-refractivity contribution in [2.45, 2.75) is 46.6 Å². The molecule has 1 amide bonds. The maximum Gasteiger partial charge on any atom is 0.328 e. The Hall–Kier alpha value is -1.57. The van der Waals surface area contributed by atoms with Gasteiger partial charge < -0.3 is 9.64 Å². The predicted octanol–water partition coefficient (Wildman–Crippen LogP) is 1.73. The van der Waals surface area contributed by atoms with Crippen LogP contribution >= 0.6 is 0 Å². The maximum atomic E-state index is 11.8. The summed E-state index contributed by atoms with van der Waals surface area (Å²) in [5.41, 5.74) is 0.0566. The summed E-state index contributed by atoms with van der Waals surface area (Å²) >= 11 is 0. The fourth-order valence-corrected chi connectivity index (χ4v) is 1.46. The van der Waals surface area contributed by atoms with Gasteiger partial charge in [0.15, 0.2) is 0 Å². The van der Waals surface area contributed by atoms with Crippen molar-refractivity contribution in [2.24, 2.45) is 5.41 Å². The summed E-state index contributed by atoms with van der Waals surface area (Å²) in [5.74, 6) is -0.796. The van der Waals surface area contributed by atoms with Gasteiger partial charge >= 0.3 is 5.97 Å². The van der Waals surface area contributed by atoms with E-state index in [1.54, 1.807) is 6.92 Å². The molecule has 0 heterocycles. The van der Waals surface area contributed by atoms with Crippen LogP contribution in [0.3, 0.4) is 0 Å². The third-order valence-electron chi connectivity index (χ3n) is 2.66. The lowest BCUT2D eigenvalue weighted by atomic mass is 9.92. The molecule has 0 aromatic heterocycles. The first kappa shape index (κ1) is 16.4. The van der Waals surface area contributed by atoms with Gasteiger partial charge in [0.2, 0.25) is 5.91 Å². The van der Waals surface area contributed by atoms with Crippen LogP contribution in [-0.2, 0) is 14.3 Å². The van der Waals surface area contributed by atoms with Crippen LogP contribution < -0.4 is 0 Å². The molecule has 18 heavy (non-hydrogen) atoms. The molecule has 102 valence electrons. The normalized spacial score (nSPS) is 12.4. The van der Waals surface area contributed by atoms with Crippen LogP contribution in [0.4, 0.5) is 0 Å². The summed E-state index contributed by atoms with van der Waals surface area (Å²) < 4.78 is 4.64. The van der Waals surface area contributed by atoms with E-state index in [0.29, 0.717) is 6.54 Å². The molecule has 1 atom stereocenters. The van der Waals surface area contributed by atoms with Crippen LogP contribution in [0.2, 0.25) is 0 Å². The standard InChI is InChI=1S/C13H22N2O3/c1-10(12(17)18-5)15(11(16)6-8-14)9-7-13(2,3)4/h10H,6-7,9H2,1-5H3. The molecule has 5 nitrogen and oxygen atoms in total. The lowest BCUT2D eigenvalue weighted by Crippen LogP contribution is -2.45. The van der Waals surface area contributed by atoms with Crippen molar-refractivity contribution < 1.29 is 14.3 Å². The Morgan fingerprint density at radius 3 is 2.33 bits per heavy atom. The van der Waals surface area contributed by atoms with Crippen molar-refractivity contribution in [3.63, 3.8) is 0 Å². The average molecular weight is 254 g/mol. The van der Waals surface area contributed by atoms with Gasteiger partial charge in [0, 0.05) is 6.54 Å². The Kier molecular flexibility index (Phi) is 6.39. The number of carbonyl (C=O) groups excluding carboxylic acids is 2. The molecule has 0 rings (SSSR count). The molecule has 0 bridgehead atoms. The number of hydrogen-bond acceptors (Lipinski definition) is 4. The number of amides is 1. The lowest BCUT2D eigenvalue weighted by molar-refractivity contribution is -0.152.